The Morgan fingerprint density at radius 1 is 1.18 bits per heavy atom. The van der Waals surface area contributed by atoms with Gasteiger partial charge >= 0.3 is 0 Å². The Bertz CT molecular complexity index is 764. The van der Waals surface area contributed by atoms with Crippen LogP contribution in [0.1, 0.15) is 21.5 Å². The number of aryl methyl sites for hydroxylation is 1. The first-order chi connectivity index (χ1) is 10.7. The van der Waals surface area contributed by atoms with E-state index in [1.165, 1.54) is 0 Å². The molecule has 2 aromatic heterocycles. The lowest BCUT2D eigenvalue weighted by molar-refractivity contribution is 0.0951. The SMILES string of the molecule is Cc1ccc(C(=O)NCc2cccnc2)cc1-n1cccc1. The lowest BCUT2D eigenvalue weighted by atomic mass is 10.1. The van der Waals surface area contributed by atoms with Gasteiger partial charge in [0.15, 0.2) is 0 Å². The van der Waals surface area contributed by atoms with Crippen LogP contribution >= 0.6 is 0 Å². The molecular formula is C18H17N3O. The van der Waals surface area contributed by atoms with E-state index >= 15 is 0 Å². The van der Waals surface area contributed by atoms with Crippen LogP contribution in [0.2, 0.25) is 0 Å². The normalized spacial score (nSPS) is 10.4. The average Bonchev–Trinajstić information content (AvgIpc) is 3.08. The van der Waals surface area contributed by atoms with Crippen LogP contribution in [0.3, 0.4) is 0 Å². The zero-order chi connectivity index (χ0) is 15.4. The summed E-state index contributed by atoms with van der Waals surface area (Å²) in [5.41, 5.74) is 3.77. The molecule has 4 nitrogen and oxygen atoms in total. The number of carbonyl (C=O) groups is 1. The molecule has 0 spiro atoms. The average molecular weight is 291 g/mol. The molecule has 1 N–H and O–H groups in total. The van der Waals surface area contributed by atoms with E-state index in [0.29, 0.717) is 12.1 Å². The molecule has 0 aliphatic carbocycles. The van der Waals surface area contributed by atoms with Gasteiger partial charge in [0.2, 0.25) is 0 Å². The van der Waals surface area contributed by atoms with Crippen LogP contribution in [0.15, 0.2) is 67.3 Å². The summed E-state index contributed by atoms with van der Waals surface area (Å²) >= 11 is 0. The number of hydrogen-bond acceptors (Lipinski definition) is 2. The zero-order valence-corrected chi connectivity index (χ0v) is 12.4. The maximum absolute atomic E-state index is 12.3. The molecule has 0 radical (unpaired) electrons. The first-order valence-corrected chi connectivity index (χ1v) is 7.15. The van der Waals surface area contributed by atoms with Gasteiger partial charge in [-0.25, -0.2) is 0 Å². The highest BCUT2D eigenvalue weighted by Gasteiger charge is 2.09. The molecule has 0 unspecified atom stereocenters. The van der Waals surface area contributed by atoms with Crippen LogP contribution < -0.4 is 5.32 Å². The van der Waals surface area contributed by atoms with E-state index in [2.05, 4.69) is 10.3 Å². The second kappa shape index (κ2) is 6.26. The second-order valence-electron chi connectivity index (χ2n) is 5.14. The minimum Gasteiger partial charge on any atom is -0.348 e. The van der Waals surface area contributed by atoms with E-state index in [-0.39, 0.29) is 5.91 Å². The molecule has 0 bridgehead atoms. The van der Waals surface area contributed by atoms with Crippen LogP contribution in [-0.4, -0.2) is 15.5 Å². The van der Waals surface area contributed by atoms with E-state index in [1.807, 2.05) is 66.3 Å². The summed E-state index contributed by atoms with van der Waals surface area (Å²) < 4.78 is 2.01. The number of carbonyl (C=O) groups excluding carboxylic acids is 1. The van der Waals surface area contributed by atoms with Crippen molar-refractivity contribution in [2.45, 2.75) is 13.5 Å². The number of nitrogens with one attached hydrogen (secondary N) is 1. The molecule has 3 rings (SSSR count). The molecular weight excluding hydrogens is 274 g/mol. The highest BCUT2D eigenvalue weighted by Crippen LogP contribution is 2.16. The Labute approximate surface area is 129 Å². The fourth-order valence-corrected chi connectivity index (χ4v) is 2.31. The molecule has 2 heterocycles. The molecule has 0 aliphatic rings. The molecule has 22 heavy (non-hydrogen) atoms. The van der Waals surface area contributed by atoms with E-state index in [9.17, 15) is 4.79 Å². The van der Waals surface area contributed by atoms with E-state index in [4.69, 9.17) is 0 Å². The Balaban J connectivity index is 1.77. The van der Waals surface area contributed by atoms with Gasteiger partial charge in [0.25, 0.3) is 5.91 Å². The van der Waals surface area contributed by atoms with Crippen molar-refractivity contribution in [1.82, 2.24) is 14.9 Å². The van der Waals surface area contributed by atoms with Crippen LogP contribution in [0.25, 0.3) is 5.69 Å². The van der Waals surface area contributed by atoms with Crippen LogP contribution in [0.5, 0.6) is 0 Å². The summed E-state index contributed by atoms with van der Waals surface area (Å²) in [6.45, 7) is 2.51. The number of amides is 1. The quantitative estimate of drug-likeness (QED) is 0.803. The third kappa shape index (κ3) is 3.06. The molecule has 0 saturated heterocycles. The smallest absolute Gasteiger partial charge is 0.251 e. The van der Waals surface area contributed by atoms with Gasteiger partial charge in [-0.15, -0.1) is 0 Å². The van der Waals surface area contributed by atoms with Crippen molar-refractivity contribution in [2.24, 2.45) is 0 Å². The number of rotatable bonds is 4. The Morgan fingerprint density at radius 3 is 2.73 bits per heavy atom. The number of benzene rings is 1. The molecule has 4 heteroatoms. The standard InChI is InChI=1S/C18H17N3O/c1-14-6-7-16(11-17(14)21-9-2-3-10-21)18(22)20-13-15-5-4-8-19-12-15/h2-12H,13H2,1H3,(H,20,22). The van der Waals surface area contributed by atoms with Gasteiger partial charge in [0.1, 0.15) is 0 Å². The molecule has 110 valence electrons. The number of pyridine rings is 1. The zero-order valence-electron chi connectivity index (χ0n) is 12.4. The monoisotopic (exact) mass is 291 g/mol. The lowest BCUT2D eigenvalue weighted by Gasteiger charge is -2.10. The molecule has 0 fully saturated rings. The van der Waals surface area contributed by atoms with Crippen molar-refractivity contribution < 1.29 is 4.79 Å². The number of aromatic nitrogens is 2. The van der Waals surface area contributed by atoms with Crippen molar-refractivity contribution in [1.29, 1.82) is 0 Å². The maximum Gasteiger partial charge on any atom is 0.251 e. The molecule has 3 aromatic rings. The summed E-state index contributed by atoms with van der Waals surface area (Å²) in [6, 6.07) is 13.5. The van der Waals surface area contributed by atoms with Gasteiger partial charge in [-0.3, -0.25) is 9.78 Å². The molecule has 0 atom stereocenters. The second-order valence-corrected chi connectivity index (χ2v) is 5.14. The van der Waals surface area contributed by atoms with Gasteiger partial charge < -0.3 is 9.88 Å². The Morgan fingerprint density at radius 2 is 2.00 bits per heavy atom. The predicted molar refractivity (Wildman–Crippen MR) is 85.9 cm³/mol. The molecule has 1 amide bonds. The fraction of sp³-hybridized carbons (Fsp3) is 0.111. The highest BCUT2D eigenvalue weighted by atomic mass is 16.1. The van der Waals surface area contributed by atoms with E-state index in [1.54, 1.807) is 12.4 Å². The summed E-state index contributed by atoms with van der Waals surface area (Å²) in [7, 11) is 0. The Hall–Kier alpha value is -2.88. The number of hydrogen-bond donors (Lipinski definition) is 1. The van der Waals surface area contributed by atoms with Gasteiger partial charge in [0.05, 0.1) is 0 Å². The van der Waals surface area contributed by atoms with Crippen LogP contribution in [0.4, 0.5) is 0 Å². The van der Waals surface area contributed by atoms with Crippen molar-refractivity contribution >= 4 is 5.91 Å². The first-order valence-electron chi connectivity index (χ1n) is 7.15. The summed E-state index contributed by atoms with van der Waals surface area (Å²) in [4.78, 5) is 16.4. The molecule has 1 aromatic carbocycles. The van der Waals surface area contributed by atoms with Crippen LogP contribution in [-0.2, 0) is 6.54 Å². The van der Waals surface area contributed by atoms with Crippen molar-refractivity contribution in [2.75, 3.05) is 0 Å². The van der Waals surface area contributed by atoms with E-state index < -0.39 is 0 Å². The van der Waals surface area contributed by atoms with Crippen LogP contribution in [0, 0.1) is 6.92 Å². The minimum atomic E-state index is -0.0859. The Kier molecular flexibility index (Phi) is 4.01. The minimum absolute atomic E-state index is 0.0859. The molecule has 0 saturated carbocycles. The lowest BCUT2D eigenvalue weighted by Crippen LogP contribution is -2.23. The van der Waals surface area contributed by atoms with Crippen molar-refractivity contribution in [3.8, 4) is 5.69 Å². The fourth-order valence-electron chi connectivity index (χ4n) is 2.31. The van der Waals surface area contributed by atoms with Gasteiger partial charge in [-0.2, -0.15) is 0 Å². The van der Waals surface area contributed by atoms with Crippen molar-refractivity contribution in [3.63, 3.8) is 0 Å². The van der Waals surface area contributed by atoms with Crippen molar-refractivity contribution in [3.05, 3.63) is 83.9 Å². The third-order valence-electron chi connectivity index (χ3n) is 3.53. The largest absolute Gasteiger partial charge is 0.348 e. The van der Waals surface area contributed by atoms with Gasteiger partial charge in [-0.1, -0.05) is 12.1 Å². The third-order valence-corrected chi connectivity index (χ3v) is 3.53. The van der Waals surface area contributed by atoms with Gasteiger partial charge in [0, 0.05) is 42.6 Å². The molecule has 0 aliphatic heterocycles. The van der Waals surface area contributed by atoms with Gasteiger partial charge in [-0.05, 0) is 48.4 Å². The maximum atomic E-state index is 12.3. The topological polar surface area (TPSA) is 46.9 Å². The summed E-state index contributed by atoms with van der Waals surface area (Å²) in [5, 5.41) is 2.92. The predicted octanol–water partition coefficient (Wildman–Crippen LogP) is 3.11. The summed E-state index contributed by atoms with van der Waals surface area (Å²) in [6.07, 6.45) is 7.41. The number of nitrogens with zero attached hydrogens (tertiary/aromatic N) is 2. The first kappa shape index (κ1) is 14.1. The summed E-state index contributed by atoms with van der Waals surface area (Å²) in [5.74, 6) is -0.0859. The van der Waals surface area contributed by atoms with E-state index in [0.717, 1.165) is 16.8 Å². The highest BCUT2D eigenvalue weighted by molar-refractivity contribution is 5.94.